The number of halogens is 3. The minimum Gasteiger partial charge on any atom is -0.334 e. The predicted octanol–water partition coefficient (Wildman–Crippen LogP) is 3.90. The Kier molecular flexibility index (Phi) is 5.70. The molecule has 1 unspecified atom stereocenters. The van der Waals surface area contributed by atoms with Gasteiger partial charge in [-0.05, 0) is 30.3 Å². The minimum atomic E-state index is -4.36. The van der Waals surface area contributed by atoms with Crippen molar-refractivity contribution in [1.82, 2.24) is 15.1 Å². The molecule has 2 amide bonds. The Morgan fingerprint density at radius 1 is 1.07 bits per heavy atom. The normalized spacial score (nSPS) is 18.4. The molecule has 0 saturated carbocycles. The van der Waals surface area contributed by atoms with Crippen molar-refractivity contribution in [3.8, 4) is 0 Å². The zero-order valence-electron chi connectivity index (χ0n) is 15.0. The smallest absolute Gasteiger partial charge is 0.334 e. The van der Waals surface area contributed by atoms with Crippen LogP contribution >= 0.6 is 0 Å². The van der Waals surface area contributed by atoms with Gasteiger partial charge in [0.25, 0.3) is 0 Å². The SMILES string of the molecule is CN1CCN(C(=O)NCc2ccc(C(F)(F)F)cc2)C(c2ccccc2)C1. The predicted molar refractivity (Wildman–Crippen MR) is 97.1 cm³/mol. The Hall–Kier alpha value is -2.54. The van der Waals surface area contributed by atoms with Crippen molar-refractivity contribution in [2.75, 3.05) is 26.7 Å². The molecule has 3 rings (SSSR count). The fourth-order valence-corrected chi connectivity index (χ4v) is 3.21. The van der Waals surface area contributed by atoms with Gasteiger partial charge in [0, 0.05) is 26.2 Å². The molecule has 0 aromatic heterocycles. The molecule has 27 heavy (non-hydrogen) atoms. The molecule has 1 atom stereocenters. The number of nitrogens with zero attached hydrogens (tertiary/aromatic N) is 2. The molecule has 7 heteroatoms. The molecular formula is C20H22F3N3O. The third-order valence-corrected chi connectivity index (χ3v) is 4.75. The summed E-state index contributed by atoms with van der Waals surface area (Å²) in [5.74, 6) is 0. The average molecular weight is 377 g/mol. The zero-order chi connectivity index (χ0) is 19.4. The first kappa shape index (κ1) is 19.2. The fourth-order valence-electron chi connectivity index (χ4n) is 3.21. The van der Waals surface area contributed by atoms with Gasteiger partial charge in [0.05, 0.1) is 11.6 Å². The molecule has 2 aromatic rings. The number of nitrogens with one attached hydrogen (secondary N) is 1. The van der Waals surface area contributed by atoms with E-state index in [1.54, 1.807) is 4.90 Å². The second-order valence-corrected chi connectivity index (χ2v) is 6.74. The summed E-state index contributed by atoms with van der Waals surface area (Å²) in [5.41, 5.74) is 0.997. The van der Waals surface area contributed by atoms with Crippen LogP contribution in [0.3, 0.4) is 0 Å². The van der Waals surface area contributed by atoms with Crippen LogP contribution in [0, 0.1) is 0 Å². The number of likely N-dealkylation sites (N-methyl/N-ethyl adjacent to an activating group) is 1. The van der Waals surface area contributed by atoms with Crippen LogP contribution in [0.4, 0.5) is 18.0 Å². The molecule has 1 fully saturated rings. The van der Waals surface area contributed by atoms with Gasteiger partial charge in [-0.2, -0.15) is 13.2 Å². The molecule has 2 aromatic carbocycles. The molecule has 1 saturated heterocycles. The van der Waals surface area contributed by atoms with Crippen molar-refractivity contribution in [1.29, 1.82) is 0 Å². The standard InChI is InChI=1S/C20H22F3N3O/c1-25-11-12-26(18(14-25)16-5-3-2-4-6-16)19(27)24-13-15-7-9-17(10-8-15)20(21,22)23/h2-10,18H,11-14H2,1H3,(H,24,27). The number of rotatable bonds is 3. The lowest BCUT2D eigenvalue weighted by atomic mass is 10.0. The summed E-state index contributed by atoms with van der Waals surface area (Å²) in [5, 5.41) is 2.83. The number of carbonyl (C=O) groups is 1. The van der Waals surface area contributed by atoms with Gasteiger partial charge in [0.15, 0.2) is 0 Å². The van der Waals surface area contributed by atoms with E-state index in [-0.39, 0.29) is 18.6 Å². The van der Waals surface area contributed by atoms with Crippen molar-refractivity contribution in [2.45, 2.75) is 18.8 Å². The lowest BCUT2D eigenvalue weighted by molar-refractivity contribution is -0.137. The highest BCUT2D eigenvalue weighted by molar-refractivity contribution is 5.75. The maximum atomic E-state index is 12.7. The molecule has 1 aliphatic rings. The van der Waals surface area contributed by atoms with Gasteiger partial charge in [0.1, 0.15) is 0 Å². The lowest BCUT2D eigenvalue weighted by Crippen LogP contribution is -2.52. The zero-order valence-corrected chi connectivity index (χ0v) is 15.0. The number of carbonyl (C=O) groups excluding carboxylic acids is 1. The summed E-state index contributed by atoms with van der Waals surface area (Å²) in [6.07, 6.45) is -4.36. The van der Waals surface area contributed by atoms with E-state index >= 15 is 0 Å². The monoisotopic (exact) mass is 377 g/mol. The number of piperazine rings is 1. The largest absolute Gasteiger partial charge is 0.416 e. The molecule has 1 aliphatic heterocycles. The first-order valence-corrected chi connectivity index (χ1v) is 8.78. The highest BCUT2D eigenvalue weighted by Gasteiger charge is 2.31. The number of hydrogen-bond donors (Lipinski definition) is 1. The van der Waals surface area contributed by atoms with Crippen LogP contribution in [0.5, 0.6) is 0 Å². The molecule has 4 nitrogen and oxygen atoms in total. The Labute approximate surface area is 156 Å². The van der Waals surface area contributed by atoms with Crippen molar-refractivity contribution >= 4 is 6.03 Å². The maximum absolute atomic E-state index is 12.7. The van der Waals surface area contributed by atoms with E-state index in [1.807, 2.05) is 37.4 Å². The molecule has 1 N–H and O–H groups in total. The van der Waals surface area contributed by atoms with E-state index in [2.05, 4.69) is 10.2 Å². The molecule has 1 heterocycles. The summed E-state index contributed by atoms with van der Waals surface area (Å²) in [6, 6.07) is 14.4. The van der Waals surface area contributed by atoms with Gasteiger partial charge in [-0.1, -0.05) is 42.5 Å². The van der Waals surface area contributed by atoms with Gasteiger partial charge in [0.2, 0.25) is 0 Å². The molecule has 0 radical (unpaired) electrons. The van der Waals surface area contributed by atoms with Crippen LogP contribution in [0.1, 0.15) is 22.7 Å². The van der Waals surface area contributed by atoms with Gasteiger partial charge in [-0.3, -0.25) is 0 Å². The minimum absolute atomic E-state index is 0.0578. The number of amides is 2. The molecule has 0 bridgehead atoms. The van der Waals surface area contributed by atoms with Crippen molar-refractivity contribution in [3.63, 3.8) is 0 Å². The number of urea groups is 1. The topological polar surface area (TPSA) is 35.6 Å². The van der Waals surface area contributed by atoms with Crippen LogP contribution in [-0.2, 0) is 12.7 Å². The van der Waals surface area contributed by atoms with Crippen LogP contribution in [0.15, 0.2) is 54.6 Å². The van der Waals surface area contributed by atoms with Crippen LogP contribution < -0.4 is 5.32 Å². The maximum Gasteiger partial charge on any atom is 0.416 e. The summed E-state index contributed by atoms with van der Waals surface area (Å²) in [6.45, 7) is 2.29. The number of alkyl halides is 3. The van der Waals surface area contributed by atoms with Crippen LogP contribution in [0.2, 0.25) is 0 Å². The summed E-state index contributed by atoms with van der Waals surface area (Å²) >= 11 is 0. The van der Waals surface area contributed by atoms with Crippen molar-refractivity contribution in [3.05, 3.63) is 71.3 Å². The Morgan fingerprint density at radius 3 is 2.37 bits per heavy atom. The van der Waals surface area contributed by atoms with Crippen LogP contribution in [0.25, 0.3) is 0 Å². The summed E-state index contributed by atoms with van der Waals surface area (Å²) in [7, 11) is 2.02. The Bertz CT molecular complexity index is 762. The molecular weight excluding hydrogens is 355 g/mol. The highest BCUT2D eigenvalue weighted by atomic mass is 19.4. The number of benzene rings is 2. The van der Waals surface area contributed by atoms with E-state index in [4.69, 9.17) is 0 Å². The van der Waals surface area contributed by atoms with Crippen molar-refractivity contribution in [2.24, 2.45) is 0 Å². The molecule has 144 valence electrons. The van der Waals surface area contributed by atoms with Crippen molar-refractivity contribution < 1.29 is 18.0 Å². The second-order valence-electron chi connectivity index (χ2n) is 6.74. The first-order valence-electron chi connectivity index (χ1n) is 8.78. The van der Waals surface area contributed by atoms with Gasteiger partial charge >= 0.3 is 12.2 Å². The van der Waals surface area contributed by atoms with E-state index in [0.29, 0.717) is 12.1 Å². The van der Waals surface area contributed by atoms with E-state index < -0.39 is 11.7 Å². The quantitative estimate of drug-likeness (QED) is 0.881. The van der Waals surface area contributed by atoms with Crippen LogP contribution in [-0.4, -0.2) is 42.5 Å². The van der Waals surface area contributed by atoms with Gasteiger partial charge in [-0.15, -0.1) is 0 Å². The Balaban J connectivity index is 1.65. The first-order chi connectivity index (χ1) is 12.8. The van der Waals surface area contributed by atoms with Gasteiger partial charge in [-0.25, -0.2) is 4.79 Å². The van der Waals surface area contributed by atoms with Gasteiger partial charge < -0.3 is 15.1 Å². The third kappa shape index (κ3) is 4.80. The van der Waals surface area contributed by atoms with E-state index in [9.17, 15) is 18.0 Å². The fraction of sp³-hybridized carbons (Fsp3) is 0.350. The number of hydrogen-bond acceptors (Lipinski definition) is 2. The summed E-state index contributed by atoms with van der Waals surface area (Å²) in [4.78, 5) is 16.7. The average Bonchev–Trinajstić information content (AvgIpc) is 2.66. The summed E-state index contributed by atoms with van der Waals surface area (Å²) < 4.78 is 37.9. The van der Waals surface area contributed by atoms with E-state index in [0.717, 1.165) is 30.8 Å². The Morgan fingerprint density at radius 2 is 1.74 bits per heavy atom. The molecule has 0 aliphatic carbocycles. The third-order valence-electron chi connectivity index (χ3n) is 4.75. The lowest BCUT2D eigenvalue weighted by Gasteiger charge is -2.40. The highest BCUT2D eigenvalue weighted by Crippen LogP contribution is 2.29. The van der Waals surface area contributed by atoms with E-state index in [1.165, 1.54) is 12.1 Å². The molecule has 0 spiro atoms. The second kappa shape index (κ2) is 8.00.